The van der Waals surface area contributed by atoms with Crippen LogP contribution >= 0.6 is 0 Å². The van der Waals surface area contributed by atoms with Gasteiger partial charge in [-0.2, -0.15) is 0 Å². The molecule has 0 fully saturated rings. The molecule has 0 saturated carbocycles. The van der Waals surface area contributed by atoms with E-state index in [9.17, 15) is 4.79 Å². The first-order valence-electron chi connectivity index (χ1n) is 4.39. The fourth-order valence-electron chi connectivity index (χ4n) is 1.27. The van der Waals surface area contributed by atoms with E-state index >= 15 is 0 Å². The summed E-state index contributed by atoms with van der Waals surface area (Å²) in [7, 11) is 0. The monoisotopic (exact) mass is 190 g/mol. The van der Waals surface area contributed by atoms with E-state index in [1.165, 1.54) is 12.5 Å². The standard InChI is InChI=1S/C11H10O3/c12-11(9-1-5-13-6-2-9)10-3-7-14-8-4-10/h1-5,7H,6,8H2. The minimum Gasteiger partial charge on any atom is -0.497 e. The van der Waals surface area contributed by atoms with Gasteiger partial charge in [-0.15, -0.1) is 0 Å². The van der Waals surface area contributed by atoms with Gasteiger partial charge in [0, 0.05) is 11.1 Å². The van der Waals surface area contributed by atoms with Crippen LogP contribution in [0.15, 0.2) is 48.0 Å². The molecule has 2 aliphatic heterocycles. The lowest BCUT2D eigenvalue weighted by Gasteiger charge is -2.10. The molecule has 0 unspecified atom stereocenters. The van der Waals surface area contributed by atoms with Gasteiger partial charge in [0.2, 0.25) is 0 Å². The van der Waals surface area contributed by atoms with Crippen molar-refractivity contribution in [1.29, 1.82) is 0 Å². The van der Waals surface area contributed by atoms with Crippen LogP contribution in [0.25, 0.3) is 0 Å². The third-order valence-corrected chi connectivity index (χ3v) is 2.01. The fraction of sp³-hybridized carbons (Fsp3) is 0.182. The number of allylic oxidation sites excluding steroid dienone is 4. The Morgan fingerprint density at radius 1 is 1.00 bits per heavy atom. The van der Waals surface area contributed by atoms with Crippen molar-refractivity contribution in [3.8, 4) is 0 Å². The normalized spacial score (nSPS) is 19.1. The van der Waals surface area contributed by atoms with Crippen molar-refractivity contribution >= 4 is 5.78 Å². The van der Waals surface area contributed by atoms with Gasteiger partial charge in [0.05, 0.1) is 12.5 Å². The van der Waals surface area contributed by atoms with Crippen molar-refractivity contribution in [1.82, 2.24) is 0 Å². The molecule has 0 aromatic rings. The van der Waals surface area contributed by atoms with Crippen molar-refractivity contribution in [3.63, 3.8) is 0 Å². The maximum atomic E-state index is 11.8. The van der Waals surface area contributed by atoms with Crippen LogP contribution in [0.2, 0.25) is 0 Å². The minimum absolute atomic E-state index is 0.0177. The molecule has 14 heavy (non-hydrogen) atoms. The lowest BCUT2D eigenvalue weighted by molar-refractivity contribution is -0.111. The molecule has 3 nitrogen and oxygen atoms in total. The van der Waals surface area contributed by atoms with Gasteiger partial charge in [0.1, 0.15) is 13.2 Å². The molecular weight excluding hydrogens is 180 g/mol. The minimum atomic E-state index is 0.0177. The van der Waals surface area contributed by atoms with Gasteiger partial charge in [-0.3, -0.25) is 4.79 Å². The highest BCUT2D eigenvalue weighted by Crippen LogP contribution is 2.14. The van der Waals surface area contributed by atoms with Gasteiger partial charge in [-0.1, -0.05) is 0 Å². The average molecular weight is 190 g/mol. The van der Waals surface area contributed by atoms with E-state index in [1.54, 1.807) is 24.3 Å². The highest BCUT2D eigenvalue weighted by atomic mass is 16.5. The summed E-state index contributed by atoms with van der Waals surface area (Å²) in [6.07, 6.45) is 9.97. The van der Waals surface area contributed by atoms with Gasteiger partial charge in [0.15, 0.2) is 5.78 Å². The molecule has 2 heterocycles. The van der Waals surface area contributed by atoms with Gasteiger partial charge >= 0.3 is 0 Å². The quantitative estimate of drug-likeness (QED) is 0.661. The van der Waals surface area contributed by atoms with E-state index < -0.39 is 0 Å². The van der Waals surface area contributed by atoms with Crippen molar-refractivity contribution in [2.24, 2.45) is 0 Å². The molecule has 2 rings (SSSR count). The summed E-state index contributed by atoms with van der Waals surface area (Å²) in [6.45, 7) is 0.927. The molecular formula is C11H10O3. The van der Waals surface area contributed by atoms with E-state index in [-0.39, 0.29) is 5.78 Å². The largest absolute Gasteiger partial charge is 0.497 e. The number of ketones is 1. The van der Waals surface area contributed by atoms with E-state index in [1.807, 2.05) is 0 Å². The molecule has 3 heteroatoms. The van der Waals surface area contributed by atoms with E-state index in [2.05, 4.69) is 0 Å². The Morgan fingerprint density at radius 2 is 1.50 bits per heavy atom. The Balaban J connectivity index is 2.15. The van der Waals surface area contributed by atoms with Gasteiger partial charge in [-0.25, -0.2) is 0 Å². The highest BCUT2D eigenvalue weighted by Gasteiger charge is 2.13. The predicted octanol–water partition coefficient (Wildman–Crippen LogP) is 1.50. The van der Waals surface area contributed by atoms with Crippen LogP contribution in [0.5, 0.6) is 0 Å². The molecule has 0 aromatic heterocycles. The third kappa shape index (κ3) is 1.76. The second-order valence-corrected chi connectivity index (χ2v) is 2.92. The Morgan fingerprint density at radius 3 is 1.86 bits per heavy atom. The number of rotatable bonds is 2. The van der Waals surface area contributed by atoms with E-state index in [4.69, 9.17) is 9.47 Å². The summed E-state index contributed by atoms with van der Waals surface area (Å²) in [5.41, 5.74) is 1.35. The molecule has 0 N–H and O–H groups in total. The van der Waals surface area contributed by atoms with Crippen LogP contribution in [0.3, 0.4) is 0 Å². The smallest absolute Gasteiger partial charge is 0.192 e. The molecule has 0 saturated heterocycles. The van der Waals surface area contributed by atoms with Crippen molar-refractivity contribution in [2.45, 2.75) is 0 Å². The number of Topliss-reactive ketones (excluding diaryl/α,β-unsaturated/α-hetero) is 1. The SMILES string of the molecule is O=C(C1=CCOC=C1)C1=CCOC=C1. The zero-order valence-corrected chi connectivity index (χ0v) is 7.60. The van der Waals surface area contributed by atoms with Crippen molar-refractivity contribution < 1.29 is 14.3 Å². The van der Waals surface area contributed by atoms with E-state index in [0.717, 1.165) is 0 Å². The van der Waals surface area contributed by atoms with Gasteiger partial charge < -0.3 is 9.47 Å². The first-order valence-corrected chi connectivity index (χ1v) is 4.39. The molecule has 0 amide bonds. The first kappa shape index (κ1) is 8.81. The number of ether oxygens (including phenoxy) is 2. The Kier molecular flexibility index (Phi) is 2.49. The summed E-state index contributed by atoms with van der Waals surface area (Å²) in [6, 6.07) is 0. The van der Waals surface area contributed by atoms with Crippen molar-refractivity contribution in [2.75, 3.05) is 13.2 Å². The topological polar surface area (TPSA) is 35.5 Å². The van der Waals surface area contributed by atoms with Gasteiger partial charge in [0.25, 0.3) is 0 Å². The summed E-state index contributed by atoms with van der Waals surface area (Å²) < 4.78 is 9.93. The molecule has 0 bridgehead atoms. The lowest BCUT2D eigenvalue weighted by atomic mass is 10.0. The molecule has 0 spiro atoms. The highest BCUT2D eigenvalue weighted by molar-refractivity contribution is 6.11. The number of carbonyl (C=O) groups is 1. The number of hydrogen-bond acceptors (Lipinski definition) is 3. The predicted molar refractivity (Wildman–Crippen MR) is 51.4 cm³/mol. The maximum Gasteiger partial charge on any atom is 0.192 e. The van der Waals surface area contributed by atoms with Crippen LogP contribution in [0.1, 0.15) is 0 Å². The average Bonchev–Trinajstić information content (AvgIpc) is 2.30. The molecule has 2 aliphatic rings. The molecule has 0 atom stereocenters. The van der Waals surface area contributed by atoms with Crippen molar-refractivity contribution in [3.05, 3.63) is 48.0 Å². The van der Waals surface area contributed by atoms with Crippen LogP contribution in [-0.2, 0) is 14.3 Å². The zero-order chi connectivity index (χ0) is 9.80. The molecule has 0 aromatic carbocycles. The molecule has 72 valence electrons. The Bertz CT molecular complexity index is 325. The second kappa shape index (κ2) is 3.96. The third-order valence-electron chi connectivity index (χ3n) is 2.01. The summed E-state index contributed by atoms with van der Waals surface area (Å²) in [5.74, 6) is 0.0177. The van der Waals surface area contributed by atoms with Gasteiger partial charge in [-0.05, 0) is 24.3 Å². The van der Waals surface area contributed by atoms with E-state index in [0.29, 0.717) is 24.4 Å². The van der Waals surface area contributed by atoms with Crippen LogP contribution in [0.4, 0.5) is 0 Å². The number of carbonyl (C=O) groups excluding carboxylic acids is 1. The van der Waals surface area contributed by atoms with Crippen LogP contribution < -0.4 is 0 Å². The lowest BCUT2D eigenvalue weighted by Crippen LogP contribution is -2.09. The Labute approximate surface area is 82.0 Å². The zero-order valence-electron chi connectivity index (χ0n) is 7.60. The number of hydrogen-bond donors (Lipinski definition) is 0. The first-order chi connectivity index (χ1) is 6.88. The summed E-state index contributed by atoms with van der Waals surface area (Å²) in [5, 5.41) is 0. The Hall–Kier alpha value is -1.77. The maximum absolute atomic E-state index is 11.8. The summed E-state index contributed by atoms with van der Waals surface area (Å²) >= 11 is 0. The van der Waals surface area contributed by atoms with Crippen LogP contribution in [-0.4, -0.2) is 19.0 Å². The summed E-state index contributed by atoms with van der Waals surface area (Å²) in [4.78, 5) is 11.8. The molecule has 0 aliphatic carbocycles. The van der Waals surface area contributed by atoms with Crippen LogP contribution in [0, 0.1) is 0 Å². The second-order valence-electron chi connectivity index (χ2n) is 2.92. The fourth-order valence-corrected chi connectivity index (χ4v) is 1.27. The molecule has 0 radical (unpaired) electrons.